The molecule has 31 heavy (non-hydrogen) atoms. The van der Waals surface area contributed by atoms with Gasteiger partial charge in [-0.05, 0) is 37.0 Å². The Hall–Kier alpha value is -2.68. The number of halogens is 3. The number of hydrogen-bond donors (Lipinski definition) is 1. The van der Waals surface area contributed by atoms with E-state index in [0.29, 0.717) is 17.4 Å². The van der Waals surface area contributed by atoms with E-state index in [1.807, 2.05) is 0 Å². The van der Waals surface area contributed by atoms with E-state index in [0.717, 1.165) is 46.1 Å². The third-order valence-corrected chi connectivity index (χ3v) is 6.79. The van der Waals surface area contributed by atoms with Crippen LogP contribution in [-0.2, 0) is 6.18 Å². The highest BCUT2D eigenvalue weighted by Crippen LogP contribution is 2.41. The number of rotatable bonds is 4. The van der Waals surface area contributed by atoms with Crippen molar-refractivity contribution < 1.29 is 22.7 Å². The van der Waals surface area contributed by atoms with E-state index in [1.165, 1.54) is 26.0 Å². The molecule has 1 amide bonds. The summed E-state index contributed by atoms with van der Waals surface area (Å²) in [6.07, 6.45) is -0.0148. The van der Waals surface area contributed by atoms with Crippen molar-refractivity contribution in [2.24, 2.45) is 5.92 Å². The van der Waals surface area contributed by atoms with Gasteiger partial charge in [0.25, 0.3) is 5.91 Å². The number of hydrogen-bond acceptors (Lipinski definition) is 5. The fourth-order valence-electron chi connectivity index (χ4n) is 3.83. The van der Waals surface area contributed by atoms with Crippen molar-refractivity contribution in [1.29, 1.82) is 0 Å². The first kappa shape index (κ1) is 21.5. The lowest BCUT2D eigenvalue weighted by molar-refractivity contribution is -0.141. The van der Waals surface area contributed by atoms with Crippen LogP contribution in [0.15, 0.2) is 30.3 Å². The molecule has 1 aromatic carbocycles. The van der Waals surface area contributed by atoms with Crippen molar-refractivity contribution in [3.63, 3.8) is 0 Å². The number of alkyl halides is 3. The molecule has 2 heterocycles. The van der Waals surface area contributed by atoms with Crippen LogP contribution in [0, 0.1) is 5.92 Å². The van der Waals surface area contributed by atoms with Crippen LogP contribution in [0.1, 0.15) is 59.7 Å². The Labute approximate surface area is 181 Å². The third-order valence-electron chi connectivity index (χ3n) is 5.61. The number of anilines is 1. The van der Waals surface area contributed by atoms with Crippen molar-refractivity contribution in [2.45, 2.75) is 44.7 Å². The summed E-state index contributed by atoms with van der Waals surface area (Å²) in [5, 5.41) is 3.70. The molecule has 4 rings (SSSR count). The van der Waals surface area contributed by atoms with Crippen LogP contribution >= 0.6 is 11.3 Å². The number of amides is 1. The van der Waals surface area contributed by atoms with Crippen LogP contribution in [0.5, 0.6) is 5.75 Å². The number of ether oxygens (including phenoxy) is 1. The predicted molar refractivity (Wildman–Crippen MR) is 114 cm³/mol. The lowest BCUT2D eigenvalue weighted by Gasteiger charge is -2.24. The van der Waals surface area contributed by atoms with Gasteiger partial charge in [-0.15, -0.1) is 11.3 Å². The number of fused-ring (bicyclic) bond motifs is 1. The maximum absolute atomic E-state index is 12.9. The van der Waals surface area contributed by atoms with Gasteiger partial charge in [0.05, 0.1) is 28.0 Å². The van der Waals surface area contributed by atoms with Crippen molar-refractivity contribution in [2.75, 3.05) is 12.4 Å². The molecule has 5 nitrogen and oxygen atoms in total. The fraction of sp³-hybridized carbons (Fsp3) is 0.409. The van der Waals surface area contributed by atoms with Crippen molar-refractivity contribution >= 4 is 33.1 Å². The molecule has 0 aliphatic heterocycles. The molecule has 0 atom stereocenters. The van der Waals surface area contributed by atoms with Gasteiger partial charge in [0.1, 0.15) is 17.1 Å². The average Bonchev–Trinajstić information content (AvgIpc) is 3.16. The molecule has 9 heteroatoms. The lowest BCUT2D eigenvalue weighted by atomic mass is 9.83. The van der Waals surface area contributed by atoms with Crippen LogP contribution in [0.25, 0.3) is 10.2 Å². The summed E-state index contributed by atoms with van der Waals surface area (Å²) < 4.78 is 45.0. The quantitative estimate of drug-likeness (QED) is 0.510. The molecule has 0 radical (unpaired) electrons. The number of aromatic nitrogens is 2. The molecule has 0 unspecified atom stereocenters. The van der Waals surface area contributed by atoms with Gasteiger partial charge >= 0.3 is 6.18 Å². The second kappa shape index (κ2) is 8.45. The van der Waals surface area contributed by atoms with Crippen LogP contribution in [-0.4, -0.2) is 23.0 Å². The molecular formula is C22H22F3N3O2S. The highest BCUT2D eigenvalue weighted by atomic mass is 32.1. The van der Waals surface area contributed by atoms with E-state index < -0.39 is 17.8 Å². The molecule has 1 aliphatic rings. The minimum Gasteiger partial charge on any atom is -0.494 e. The van der Waals surface area contributed by atoms with E-state index >= 15 is 0 Å². The SMILES string of the molecule is COc1cc2nc(C3CCC(C)CC3)sc2cc1NC(=O)c1cccc(C(F)(F)F)n1. The number of thiazole rings is 1. The van der Waals surface area contributed by atoms with E-state index in [9.17, 15) is 18.0 Å². The molecule has 1 saturated carbocycles. The Morgan fingerprint density at radius 3 is 2.58 bits per heavy atom. The Balaban J connectivity index is 1.60. The second-order valence-corrected chi connectivity index (χ2v) is 8.95. The third kappa shape index (κ3) is 4.66. The summed E-state index contributed by atoms with van der Waals surface area (Å²) in [5.41, 5.74) is -0.285. The van der Waals surface area contributed by atoms with Gasteiger partial charge in [0.2, 0.25) is 0 Å². The van der Waals surface area contributed by atoms with Crippen LogP contribution in [0.3, 0.4) is 0 Å². The Bertz CT molecular complexity index is 1110. The first-order valence-corrected chi connectivity index (χ1v) is 10.9. The summed E-state index contributed by atoms with van der Waals surface area (Å²) >= 11 is 1.58. The number of pyridine rings is 1. The number of carbonyl (C=O) groups excluding carboxylic acids is 1. The van der Waals surface area contributed by atoms with Gasteiger partial charge < -0.3 is 10.1 Å². The number of carbonyl (C=O) groups is 1. The minimum atomic E-state index is -4.62. The average molecular weight is 449 g/mol. The zero-order chi connectivity index (χ0) is 22.2. The summed E-state index contributed by atoms with van der Waals surface area (Å²) in [7, 11) is 1.47. The zero-order valence-electron chi connectivity index (χ0n) is 17.1. The number of benzene rings is 1. The molecule has 0 bridgehead atoms. The first-order chi connectivity index (χ1) is 14.7. The van der Waals surface area contributed by atoms with E-state index in [4.69, 9.17) is 9.72 Å². The van der Waals surface area contributed by atoms with Crippen LogP contribution in [0.4, 0.5) is 18.9 Å². The highest BCUT2D eigenvalue weighted by molar-refractivity contribution is 7.18. The monoisotopic (exact) mass is 449 g/mol. The number of nitrogens with one attached hydrogen (secondary N) is 1. The summed E-state index contributed by atoms with van der Waals surface area (Å²) in [6, 6.07) is 6.73. The standard InChI is InChI=1S/C22H22F3N3O2S/c1-12-6-8-13(9-7-12)21-28-16-10-17(30-2)15(11-18(16)31-21)27-20(29)14-4-3-5-19(26-14)22(23,24)25/h3-5,10-13H,6-9H2,1-2H3,(H,27,29). The summed E-state index contributed by atoms with van der Waals surface area (Å²) in [5.74, 6) is 0.834. The fourth-order valence-corrected chi connectivity index (χ4v) is 4.98. The maximum atomic E-state index is 12.9. The zero-order valence-corrected chi connectivity index (χ0v) is 17.9. The van der Waals surface area contributed by atoms with E-state index in [-0.39, 0.29) is 5.69 Å². The molecule has 1 N–H and O–H groups in total. The summed E-state index contributed by atoms with van der Waals surface area (Å²) in [6.45, 7) is 2.27. The first-order valence-electron chi connectivity index (χ1n) is 10.1. The predicted octanol–water partition coefficient (Wildman–Crippen LogP) is 6.26. The topological polar surface area (TPSA) is 64.1 Å². The van der Waals surface area contributed by atoms with E-state index in [2.05, 4.69) is 17.2 Å². The Kier molecular flexibility index (Phi) is 5.88. The maximum Gasteiger partial charge on any atom is 0.433 e. The van der Waals surface area contributed by atoms with Crippen LogP contribution < -0.4 is 10.1 Å². The highest BCUT2D eigenvalue weighted by Gasteiger charge is 2.33. The van der Waals surface area contributed by atoms with Gasteiger partial charge in [0.15, 0.2) is 0 Å². The van der Waals surface area contributed by atoms with Gasteiger partial charge in [-0.3, -0.25) is 4.79 Å². The van der Waals surface area contributed by atoms with Gasteiger partial charge in [-0.2, -0.15) is 13.2 Å². The van der Waals surface area contributed by atoms with Gasteiger partial charge in [-0.25, -0.2) is 9.97 Å². The number of methoxy groups -OCH3 is 1. The normalized spacial score (nSPS) is 19.4. The molecule has 1 fully saturated rings. The van der Waals surface area contributed by atoms with Crippen molar-refractivity contribution in [1.82, 2.24) is 9.97 Å². The molecule has 164 valence electrons. The summed E-state index contributed by atoms with van der Waals surface area (Å²) in [4.78, 5) is 20.8. The molecule has 2 aromatic heterocycles. The Morgan fingerprint density at radius 2 is 1.90 bits per heavy atom. The molecule has 1 aliphatic carbocycles. The second-order valence-electron chi connectivity index (χ2n) is 7.89. The molecular weight excluding hydrogens is 427 g/mol. The minimum absolute atomic E-state index is 0.321. The largest absolute Gasteiger partial charge is 0.494 e. The molecule has 3 aromatic rings. The van der Waals surface area contributed by atoms with Gasteiger partial charge in [0, 0.05) is 12.0 Å². The lowest BCUT2D eigenvalue weighted by Crippen LogP contribution is -2.17. The smallest absolute Gasteiger partial charge is 0.433 e. The van der Waals surface area contributed by atoms with E-state index in [1.54, 1.807) is 23.5 Å². The van der Waals surface area contributed by atoms with Crippen molar-refractivity contribution in [3.8, 4) is 5.75 Å². The number of nitrogens with zero attached hydrogens (tertiary/aromatic N) is 2. The van der Waals surface area contributed by atoms with Gasteiger partial charge in [-0.1, -0.05) is 25.8 Å². The van der Waals surface area contributed by atoms with Crippen molar-refractivity contribution in [3.05, 3.63) is 46.7 Å². The molecule has 0 spiro atoms. The Morgan fingerprint density at radius 1 is 1.16 bits per heavy atom. The van der Waals surface area contributed by atoms with Crippen LogP contribution in [0.2, 0.25) is 0 Å². The molecule has 0 saturated heterocycles.